The van der Waals surface area contributed by atoms with E-state index in [4.69, 9.17) is 5.11 Å². The molecule has 1 N–H and O–H groups in total. The third-order valence-corrected chi connectivity index (χ3v) is 3.60. The van der Waals surface area contributed by atoms with Crippen molar-refractivity contribution in [1.29, 1.82) is 0 Å². The Kier molecular flexibility index (Phi) is 3.97. The zero-order valence-electron chi connectivity index (χ0n) is 12.2. The molecular formula is C13H18N4O4. The molecule has 0 radical (unpaired) electrons. The smallest absolute Gasteiger partial charge is 0.339 e. The number of aromatic nitrogens is 2. The van der Waals surface area contributed by atoms with Crippen LogP contribution in [0.4, 0.5) is 0 Å². The van der Waals surface area contributed by atoms with E-state index in [0.29, 0.717) is 18.8 Å². The second-order valence-corrected chi connectivity index (χ2v) is 5.25. The van der Waals surface area contributed by atoms with Crippen molar-refractivity contribution in [3.63, 3.8) is 0 Å². The lowest BCUT2D eigenvalue weighted by Gasteiger charge is -2.36. The van der Waals surface area contributed by atoms with E-state index in [1.54, 1.807) is 7.05 Å². The van der Waals surface area contributed by atoms with Crippen LogP contribution in [0.3, 0.4) is 0 Å². The van der Waals surface area contributed by atoms with Gasteiger partial charge in [-0.1, -0.05) is 0 Å². The fraction of sp³-hybridized carbons (Fsp3) is 0.538. The molecule has 2 rings (SSSR count). The molecule has 0 atom stereocenters. The molecule has 1 aliphatic rings. The van der Waals surface area contributed by atoms with Crippen molar-refractivity contribution in [2.75, 3.05) is 13.1 Å². The minimum atomic E-state index is -1.10. The first-order valence-corrected chi connectivity index (χ1v) is 6.67. The molecule has 0 spiro atoms. The van der Waals surface area contributed by atoms with E-state index >= 15 is 0 Å². The molecule has 114 valence electrons. The minimum Gasteiger partial charge on any atom is -0.478 e. The minimum absolute atomic E-state index is 0.0325. The lowest BCUT2D eigenvalue weighted by atomic mass is 10.2. The zero-order chi connectivity index (χ0) is 15.7. The van der Waals surface area contributed by atoms with Crippen LogP contribution in [0, 0.1) is 0 Å². The van der Waals surface area contributed by atoms with Crippen LogP contribution in [0.1, 0.15) is 29.9 Å². The van der Waals surface area contributed by atoms with Gasteiger partial charge in [-0.2, -0.15) is 5.10 Å². The van der Waals surface area contributed by atoms with Gasteiger partial charge in [-0.15, -0.1) is 0 Å². The number of aryl methyl sites for hydroxylation is 1. The number of carboxylic acids is 1. The summed E-state index contributed by atoms with van der Waals surface area (Å²) in [5.74, 6) is -2.25. The van der Waals surface area contributed by atoms with Gasteiger partial charge in [0.1, 0.15) is 5.56 Å². The van der Waals surface area contributed by atoms with Gasteiger partial charge >= 0.3 is 17.8 Å². The van der Waals surface area contributed by atoms with Gasteiger partial charge in [0, 0.05) is 26.2 Å². The molecule has 8 heteroatoms. The molecule has 1 aromatic heterocycles. The molecule has 1 aromatic rings. The lowest BCUT2D eigenvalue weighted by molar-refractivity contribution is -0.157. The summed E-state index contributed by atoms with van der Waals surface area (Å²) in [5, 5.41) is 13.0. The Bertz CT molecular complexity index is 593. The van der Waals surface area contributed by atoms with E-state index in [9.17, 15) is 14.4 Å². The quantitative estimate of drug-likeness (QED) is 0.769. The van der Waals surface area contributed by atoms with Crippen molar-refractivity contribution in [2.24, 2.45) is 7.05 Å². The Morgan fingerprint density at radius 1 is 1.33 bits per heavy atom. The predicted molar refractivity (Wildman–Crippen MR) is 72.4 cm³/mol. The number of hydrogen-bond donors (Lipinski definition) is 1. The highest BCUT2D eigenvalue weighted by molar-refractivity contribution is 6.35. The van der Waals surface area contributed by atoms with E-state index in [2.05, 4.69) is 5.10 Å². The second kappa shape index (κ2) is 5.55. The summed E-state index contributed by atoms with van der Waals surface area (Å²) < 4.78 is 1.41. The molecule has 1 aliphatic heterocycles. The number of rotatable bonds is 4. The van der Waals surface area contributed by atoms with Crippen LogP contribution in [-0.2, 0) is 23.2 Å². The van der Waals surface area contributed by atoms with E-state index in [-0.39, 0.29) is 18.2 Å². The predicted octanol–water partition coefficient (Wildman–Crippen LogP) is -0.302. The monoisotopic (exact) mass is 294 g/mol. The van der Waals surface area contributed by atoms with Gasteiger partial charge in [0.25, 0.3) is 0 Å². The first kappa shape index (κ1) is 15.0. The standard InChI is InChI=1S/C13H18N4O4/c1-8(2)17-5-4-16(11(18)12(17)19)7-10-9(13(20)21)6-14-15(10)3/h6,8H,4-5,7H2,1-3H3,(H,20,21). The number of carboxylic acid groups (broad SMARTS) is 1. The normalized spacial score (nSPS) is 16.0. The highest BCUT2D eigenvalue weighted by Gasteiger charge is 2.34. The average Bonchev–Trinajstić information content (AvgIpc) is 2.76. The van der Waals surface area contributed by atoms with Crippen LogP contribution in [0.2, 0.25) is 0 Å². The Balaban J connectivity index is 2.19. The molecule has 1 fully saturated rings. The summed E-state index contributed by atoms with van der Waals surface area (Å²) in [5.41, 5.74) is 0.450. The van der Waals surface area contributed by atoms with Crippen molar-refractivity contribution < 1.29 is 19.5 Å². The average molecular weight is 294 g/mol. The number of piperazine rings is 1. The van der Waals surface area contributed by atoms with Gasteiger partial charge in [0.05, 0.1) is 18.4 Å². The molecule has 8 nitrogen and oxygen atoms in total. The Morgan fingerprint density at radius 2 is 2.00 bits per heavy atom. The van der Waals surface area contributed by atoms with Gasteiger partial charge in [0.2, 0.25) is 0 Å². The highest BCUT2D eigenvalue weighted by Crippen LogP contribution is 2.15. The van der Waals surface area contributed by atoms with E-state index in [0.717, 1.165) is 0 Å². The molecular weight excluding hydrogens is 276 g/mol. The zero-order valence-corrected chi connectivity index (χ0v) is 12.2. The first-order valence-electron chi connectivity index (χ1n) is 6.67. The molecule has 0 bridgehead atoms. The maximum atomic E-state index is 12.1. The largest absolute Gasteiger partial charge is 0.478 e. The van der Waals surface area contributed by atoms with E-state index in [1.807, 2.05) is 13.8 Å². The molecule has 0 aliphatic carbocycles. The summed E-state index contributed by atoms with van der Waals surface area (Å²) in [6.45, 7) is 4.60. The van der Waals surface area contributed by atoms with Crippen LogP contribution in [0.25, 0.3) is 0 Å². The fourth-order valence-corrected chi connectivity index (χ4v) is 2.34. The Hall–Kier alpha value is -2.38. The second-order valence-electron chi connectivity index (χ2n) is 5.25. The maximum Gasteiger partial charge on any atom is 0.339 e. The molecule has 1 saturated heterocycles. The summed E-state index contributed by atoms with van der Waals surface area (Å²) >= 11 is 0. The van der Waals surface area contributed by atoms with Crippen LogP contribution >= 0.6 is 0 Å². The van der Waals surface area contributed by atoms with Crippen LogP contribution < -0.4 is 0 Å². The van der Waals surface area contributed by atoms with Gasteiger partial charge in [0.15, 0.2) is 0 Å². The molecule has 2 heterocycles. The van der Waals surface area contributed by atoms with Crippen molar-refractivity contribution in [3.8, 4) is 0 Å². The van der Waals surface area contributed by atoms with Gasteiger partial charge in [-0.3, -0.25) is 14.3 Å². The number of amides is 2. The third-order valence-electron chi connectivity index (χ3n) is 3.60. The van der Waals surface area contributed by atoms with Crippen molar-refractivity contribution in [3.05, 3.63) is 17.5 Å². The Labute approximate surface area is 121 Å². The van der Waals surface area contributed by atoms with Gasteiger partial charge in [-0.25, -0.2) is 4.79 Å². The fourth-order valence-electron chi connectivity index (χ4n) is 2.34. The summed E-state index contributed by atoms with van der Waals surface area (Å²) in [6, 6.07) is -0.0325. The van der Waals surface area contributed by atoms with Crippen LogP contribution in [-0.4, -0.2) is 61.6 Å². The maximum absolute atomic E-state index is 12.1. The molecule has 0 aromatic carbocycles. The van der Waals surface area contributed by atoms with Crippen molar-refractivity contribution in [2.45, 2.75) is 26.4 Å². The van der Waals surface area contributed by atoms with Gasteiger partial charge < -0.3 is 14.9 Å². The van der Waals surface area contributed by atoms with E-state index < -0.39 is 17.8 Å². The molecule has 21 heavy (non-hydrogen) atoms. The van der Waals surface area contributed by atoms with E-state index in [1.165, 1.54) is 20.7 Å². The lowest BCUT2D eigenvalue weighted by Crippen LogP contribution is -2.56. The van der Waals surface area contributed by atoms with Crippen LogP contribution in [0.5, 0.6) is 0 Å². The van der Waals surface area contributed by atoms with Gasteiger partial charge in [-0.05, 0) is 13.8 Å². The third kappa shape index (κ3) is 2.74. The molecule has 0 unspecified atom stereocenters. The SMILES string of the molecule is CC(C)N1CCN(Cc2c(C(=O)O)cnn2C)C(=O)C1=O. The summed E-state index contributed by atoms with van der Waals surface area (Å²) in [4.78, 5) is 38.1. The summed E-state index contributed by atoms with van der Waals surface area (Å²) in [7, 11) is 1.61. The first-order chi connectivity index (χ1) is 9.82. The number of carbonyl (C=O) groups is 3. The molecule has 2 amide bonds. The summed E-state index contributed by atoms with van der Waals surface area (Å²) in [6.07, 6.45) is 1.24. The van der Waals surface area contributed by atoms with Crippen molar-refractivity contribution >= 4 is 17.8 Å². The van der Waals surface area contributed by atoms with Crippen LogP contribution in [0.15, 0.2) is 6.20 Å². The molecule has 0 saturated carbocycles. The number of aromatic carboxylic acids is 1. The van der Waals surface area contributed by atoms with Crippen molar-refractivity contribution in [1.82, 2.24) is 19.6 Å². The highest BCUT2D eigenvalue weighted by atomic mass is 16.4. The Morgan fingerprint density at radius 3 is 2.57 bits per heavy atom. The number of carbonyl (C=O) groups excluding carboxylic acids is 2. The number of hydrogen-bond acceptors (Lipinski definition) is 4. The number of nitrogens with zero attached hydrogens (tertiary/aromatic N) is 4. The topological polar surface area (TPSA) is 95.7 Å².